The van der Waals surface area contributed by atoms with E-state index in [2.05, 4.69) is 21.3 Å². The van der Waals surface area contributed by atoms with Crippen LogP contribution in [0.4, 0.5) is 4.79 Å². The first-order valence-corrected chi connectivity index (χ1v) is 15.9. The average molecular weight is 660 g/mol. The van der Waals surface area contributed by atoms with Crippen LogP contribution in [0, 0.1) is 0 Å². The molecule has 4 amide bonds. The lowest BCUT2D eigenvalue weighted by atomic mass is 10.0. The Hall–Kier alpha value is -5.23. The zero-order valence-corrected chi connectivity index (χ0v) is 27.4. The number of hydrogen-bond acceptors (Lipinski definition) is 8. The zero-order valence-electron chi connectivity index (χ0n) is 27.4. The van der Waals surface area contributed by atoms with E-state index in [1.807, 2.05) is 91.0 Å². The van der Waals surface area contributed by atoms with Crippen LogP contribution in [-0.2, 0) is 48.1 Å². The summed E-state index contributed by atoms with van der Waals surface area (Å²) in [5, 5.41) is 10.7. The maximum atomic E-state index is 13.5. The van der Waals surface area contributed by atoms with Crippen LogP contribution in [-0.4, -0.2) is 67.6 Å². The third kappa shape index (κ3) is 13.2. The molecule has 0 radical (unpaired) electrons. The van der Waals surface area contributed by atoms with Crippen LogP contribution >= 0.6 is 0 Å². The van der Waals surface area contributed by atoms with Crippen molar-refractivity contribution in [2.24, 2.45) is 5.73 Å². The molecule has 0 heterocycles. The van der Waals surface area contributed by atoms with Crippen molar-refractivity contribution in [3.05, 3.63) is 108 Å². The Balaban J connectivity index is 1.48. The number of rotatable bonds is 18. The van der Waals surface area contributed by atoms with E-state index in [-0.39, 0.29) is 19.4 Å². The number of methoxy groups -OCH3 is 1. The van der Waals surface area contributed by atoms with Gasteiger partial charge in [0.25, 0.3) is 0 Å². The molecule has 0 aliphatic rings. The van der Waals surface area contributed by atoms with Gasteiger partial charge in [0.2, 0.25) is 17.7 Å². The highest BCUT2D eigenvalue weighted by Gasteiger charge is 2.29. The van der Waals surface area contributed by atoms with Crippen molar-refractivity contribution in [3.8, 4) is 0 Å². The number of amides is 4. The van der Waals surface area contributed by atoms with Gasteiger partial charge in [-0.2, -0.15) is 0 Å². The van der Waals surface area contributed by atoms with Gasteiger partial charge in [0.1, 0.15) is 24.7 Å². The first-order valence-electron chi connectivity index (χ1n) is 15.9. The highest BCUT2D eigenvalue weighted by molar-refractivity contribution is 5.94. The van der Waals surface area contributed by atoms with Crippen LogP contribution in [0.1, 0.15) is 42.9 Å². The molecule has 0 aliphatic heterocycles. The summed E-state index contributed by atoms with van der Waals surface area (Å²) in [5.74, 6) is -2.32. The minimum Gasteiger partial charge on any atom is -0.467 e. The molecule has 0 aromatic heterocycles. The molecular weight excluding hydrogens is 614 g/mol. The molecule has 12 heteroatoms. The first-order chi connectivity index (χ1) is 23.2. The van der Waals surface area contributed by atoms with Crippen molar-refractivity contribution < 1.29 is 33.4 Å². The molecule has 3 aromatic rings. The van der Waals surface area contributed by atoms with Crippen molar-refractivity contribution in [3.63, 3.8) is 0 Å². The number of unbranched alkanes of at least 4 members (excludes halogenated alkanes) is 1. The van der Waals surface area contributed by atoms with Gasteiger partial charge in [-0.25, -0.2) is 9.59 Å². The largest absolute Gasteiger partial charge is 0.467 e. The Bertz CT molecular complexity index is 1460. The second kappa shape index (κ2) is 20.1. The van der Waals surface area contributed by atoms with Crippen LogP contribution in [0.3, 0.4) is 0 Å². The number of esters is 1. The third-order valence-corrected chi connectivity index (χ3v) is 7.51. The Labute approximate surface area is 281 Å². The number of carbonyl (C=O) groups excluding carboxylic acids is 5. The van der Waals surface area contributed by atoms with E-state index >= 15 is 0 Å². The number of ether oxygens (including phenoxy) is 2. The van der Waals surface area contributed by atoms with Gasteiger partial charge in [-0.3, -0.25) is 14.4 Å². The van der Waals surface area contributed by atoms with Gasteiger partial charge in [0.05, 0.1) is 13.2 Å². The van der Waals surface area contributed by atoms with E-state index in [1.165, 1.54) is 14.0 Å². The molecule has 12 nitrogen and oxygen atoms in total. The fourth-order valence-corrected chi connectivity index (χ4v) is 4.78. The summed E-state index contributed by atoms with van der Waals surface area (Å²) < 4.78 is 10.1. The van der Waals surface area contributed by atoms with Crippen LogP contribution in [0.15, 0.2) is 91.0 Å². The summed E-state index contributed by atoms with van der Waals surface area (Å²) >= 11 is 0. The van der Waals surface area contributed by atoms with Gasteiger partial charge < -0.3 is 36.5 Å². The SMILES string of the molecule is COC(=O)[C@H](Cc1ccccc1)NC(=O)[C@H](Cc1ccccc1)NC(=O)[C@H](C)NC(=O)[C@@H](N)CCCCNC(=O)OCc1ccccc1. The van der Waals surface area contributed by atoms with Crippen molar-refractivity contribution in [1.82, 2.24) is 21.3 Å². The standard InChI is InChI=1S/C36H45N5O7/c1-25(39-33(43)29(37)20-12-13-21-38-36(46)48-24-28-18-10-5-11-19-28)32(42)40-30(22-26-14-6-3-7-15-26)34(44)41-31(35(45)47-2)23-27-16-8-4-9-17-27/h3-11,14-19,25,29-31H,12-13,20-24,37H2,1-2H3,(H,38,46)(H,39,43)(H,40,42)(H,41,44)/t25-,29-,30-,31-/m0/s1. The normalized spacial score (nSPS) is 13.1. The van der Waals surface area contributed by atoms with Crippen LogP contribution < -0.4 is 27.0 Å². The fraction of sp³-hybridized carbons (Fsp3) is 0.361. The topological polar surface area (TPSA) is 178 Å². The van der Waals surface area contributed by atoms with Crippen LogP contribution in [0.2, 0.25) is 0 Å². The lowest BCUT2D eigenvalue weighted by Crippen LogP contribution is -2.57. The molecule has 0 saturated carbocycles. The smallest absolute Gasteiger partial charge is 0.407 e. The van der Waals surface area contributed by atoms with Crippen molar-refractivity contribution in [2.75, 3.05) is 13.7 Å². The number of carbonyl (C=O) groups is 5. The summed E-state index contributed by atoms with van der Waals surface area (Å²) in [6.07, 6.45) is 1.27. The van der Waals surface area contributed by atoms with E-state index in [0.29, 0.717) is 25.8 Å². The lowest BCUT2D eigenvalue weighted by Gasteiger charge is -2.24. The highest BCUT2D eigenvalue weighted by Crippen LogP contribution is 2.09. The van der Waals surface area contributed by atoms with E-state index in [9.17, 15) is 24.0 Å². The van der Waals surface area contributed by atoms with Gasteiger partial charge in [-0.05, 0) is 42.9 Å². The summed E-state index contributed by atoms with van der Waals surface area (Å²) in [5.41, 5.74) is 8.56. The zero-order chi connectivity index (χ0) is 34.7. The Kier molecular flexibility index (Phi) is 15.6. The number of nitrogens with one attached hydrogen (secondary N) is 4. The summed E-state index contributed by atoms with van der Waals surface area (Å²) in [6, 6.07) is 23.7. The fourth-order valence-electron chi connectivity index (χ4n) is 4.78. The maximum absolute atomic E-state index is 13.5. The molecule has 0 spiro atoms. The quantitative estimate of drug-likeness (QED) is 0.102. The molecular formula is C36H45N5O7. The van der Waals surface area contributed by atoms with E-state index in [4.69, 9.17) is 15.2 Å². The Morgan fingerprint density at radius 1 is 0.667 bits per heavy atom. The molecule has 48 heavy (non-hydrogen) atoms. The molecule has 4 atom stereocenters. The molecule has 6 N–H and O–H groups in total. The van der Waals surface area contributed by atoms with Gasteiger partial charge in [0.15, 0.2) is 0 Å². The summed E-state index contributed by atoms with van der Waals surface area (Å²) in [4.78, 5) is 63.9. The Morgan fingerprint density at radius 2 is 1.19 bits per heavy atom. The second-order valence-corrected chi connectivity index (χ2v) is 11.3. The molecule has 3 aromatic carbocycles. The molecule has 0 fully saturated rings. The number of nitrogens with two attached hydrogens (primary N) is 1. The molecule has 3 rings (SSSR count). The maximum Gasteiger partial charge on any atom is 0.407 e. The van der Waals surface area contributed by atoms with Gasteiger partial charge in [-0.1, -0.05) is 91.0 Å². The molecule has 0 saturated heterocycles. The van der Waals surface area contributed by atoms with Gasteiger partial charge in [0, 0.05) is 19.4 Å². The third-order valence-electron chi connectivity index (χ3n) is 7.51. The lowest BCUT2D eigenvalue weighted by molar-refractivity contribution is -0.145. The molecule has 0 unspecified atom stereocenters. The molecule has 0 aliphatic carbocycles. The minimum absolute atomic E-state index is 0.145. The predicted molar refractivity (Wildman–Crippen MR) is 180 cm³/mol. The highest BCUT2D eigenvalue weighted by atomic mass is 16.5. The summed E-state index contributed by atoms with van der Waals surface area (Å²) in [6.45, 7) is 2.02. The van der Waals surface area contributed by atoms with Gasteiger partial charge >= 0.3 is 12.1 Å². The van der Waals surface area contributed by atoms with E-state index in [0.717, 1.165) is 16.7 Å². The average Bonchev–Trinajstić information content (AvgIpc) is 3.10. The Morgan fingerprint density at radius 3 is 1.75 bits per heavy atom. The van der Waals surface area contributed by atoms with Crippen molar-refractivity contribution >= 4 is 29.8 Å². The van der Waals surface area contributed by atoms with Crippen molar-refractivity contribution in [2.45, 2.75) is 69.8 Å². The number of hydrogen-bond donors (Lipinski definition) is 5. The number of benzene rings is 3. The molecule has 256 valence electrons. The predicted octanol–water partition coefficient (Wildman–Crippen LogP) is 2.54. The van der Waals surface area contributed by atoms with Crippen LogP contribution in [0.25, 0.3) is 0 Å². The van der Waals surface area contributed by atoms with Crippen LogP contribution in [0.5, 0.6) is 0 Å². The van der Waals surface area contributed by atoms with E-state index < -0.39 is 54.0 Å². The van der Waals surface area contributed by atoms with Gasteiger partial charge in [-0.15, -0.1) is 0 Å². The van der Waals surface area contributed by atoms with E-state index in [1.54, 1.807) is 0 Å². The second-order valence-electron chi connectivity index (χ2n) is 11.3. The molecule has 0 bridgehead atoms. The first kappa shape index (κ1) is 37.2. The van der Waals surface area contributed by atoms with Crippen molar-refractivity contribution in [1.29, 1.82) is 0 Å². The monoisotopic (exact) mass is 659 g/mol. The minimum atomic E-state index is -1.05. The number of alkyl carbamates (subject to hydrolysis) is 1. The summed E-state index contributed by atoms with van der Waals surface area (Å²) in [7, 11) is 1.24.